The quantitative estimate of drug-likeness (QED) is 0.693. The van der Waals surface area contributed by atoms with E-state index in [4.69, 9.17) is 11.6 Å². The minimum absolute atomic E-state index is 0.0421. The number of amides is 2. The van der Waals surface area contributed by atoms with E-state index < -0.39 is 6.04 Å². The summed E-state index contributed by atoms with van der Waals surface area (Å²) in [4.78, 5) is 27.6. The smallest absolute Gasteiger partial charge is 0.242 e. The number of carbonyl (C=O) groups is 2. The fourth-order valence-corrected chi connectivity index (χ4v) is 3.48. The van der Waals surface area contributed by atoms with Crippen molar-refractivity contribution >= 4 is 35.2 Å². The SMILES string of the molecule is CNC(=O)[C@H](C)N(Cc1ccc(Cl)cc1)C(=O)CCSc1ccccc1. The van der Waals surface area contributed by atoms with Gasteiger partial charge in [-0.3, -0.25) is 9.59 Å². The average Bonchev–Trinajstić information content (AvgIpc) is 2.67. The van der Waals surface area contributed by atoms with E-state index in [2.05, 4.69) is 5.32 Å². The summed E-state index contributed by atoms with van der Waals surface area (Å²) >= 11 is 7.56. The van der Waals surface area contributed by atoms with Gasteiger partial charge in [0, 0.05) is 35.7 Å². The van der Waals surface area contributed by atoms with Gasteiger partial charge in [-0.1, -0.05) is 41.9 Å². The number of nitrogens with zero attached hydrogens (tertiary/aromatic N) is 1. The maximum Gasteiger partial charge on any atom is 0.242 e. The number of hydrogen-bond acceptors (Lipinski definition) is 3. The van der Waals surface area contributed by atoms with Crippen molar-refractivity contribution in [3.63, 3.8) is 0 Å². The van der Waals surface area contributed by atoms with Crippen LogP contribution in [0.1, 0.15) is 18.9 Å². The van der Waals surface area contributed by atoms with Crippen molar-refractivity contribution in [1.29, 1.82) is 0 Å². The van der Waals surface area contributed by atoms with E-state index in [0.717, 1.165) is 10.5 Å². The molecule has 0 radical (unpaired) electrons. The van der Waals surface area contributed by atoms with Gasteiger partial charge in [-0.2, -0.15) is 0 Å². The number of carbonyl (C=O) groups excluding carboxylic acids is 2. The highest BCUT2D eigenvalue weighted by Crippen LogP contribution is 2.20. The van der Waals surface area contributed by atoms with E-state index in [9.17, 15) is 9.59 Å². The number of benzene rings is 2. The Hall–Kier alpha value is -1.98. The summed E-state index contributed by atoms with van der Waals surface area (Å²) < 4.78 is 0. The van der Waals surface area contributed by atoms with Crippen LogP contribution in [0.15, 0.2) is 59.5 Å². The zero-order valence-electron chi connectivity index (χ0n) is 14.9. The van der Waals surface area contributed by atoms with Crippen LogP contribution in [0.2, 0.25) is 5.02 Å². The second kappa shape index (κ2) is 10.2. The molecule has 2 amide bonds. The Balaban J connectivity index is 2.02. The van der Waals surface area contributed by atoms with Crippen LogP contribution in [-0.4, -0.2) is 35.6 Å². The molecule has 0 aliphatic rings. The predicted octanol–water partition coefficient (Wildman–Crippen LogP) is 3.99. The summed E-state index contributed by atoms with van der Waals surface area (Å²) in [6.45, 7) is 2.12. The van der Waals surface area contributed by atoms with Crippen molar-refractivity contribution < 1.29 is 9.59 Å². The lowest BCUT2D eigenvalue weighted by Crippen LogP contribution is -2.46. The van der Waals surface area contributed by atoms with Crippen LogP contribution in [0.3, 0.4) is 0 Å². The van der Waals surface area contributed by atoms with Crippen LogP contribution in [-0.2, 0) is 16.1 Å². The molecule has 0 aliphatic carbocycles. The first-order valence-corrected chi connectivity index (χ1v) is 9.81. The summed E-state index contributed by atoms with van der Waals surface area (Å²) in [5.74, 6) is 0.447. The molecule has 6 heteroatoms. The summed E-state index contributed by atoms with van der Waals surface area (Å²) in [7, 11) is 1.58. The zero-order valence-corrected chi connectivity index (χ0v) is 16.5. The number of likely N-dealkylation sites (N-methyl/N-ethyl adjacent to an activating group) is 1. The number of rotatable bonds is 8. The number of nitrogens with one attached hydrogen (secondary N) is 1. The lowest BCUT2D eigenvalue weighted by atomic mass is 10.1. The lowest BCUT2D eigenvalue weighted by Gasteiger charge is -2.28. The van der Waals surface area contributed by atoms with Crippen LogP contribution in [0, 0.1) is 0 Å². The standard InChI is InChI=1S/C20H23ClN2O2S/c1-15(20(25)22-2)23(14-16-8-10-17(21)11-9-16)19(24)12-13-26-18-6-4-3-5-7-18/h3-11,15H,12-14H2,1-2H3,(H,22,25)/t15-/m0/s1. The highest BCUT2D eigenvalue weighted by Gasteiger charge is 2.25. The maximum absolute atomic E-state index is 12.8. The largest absolute Gasteiger partial charge is 0.357 e. The Morgan fingerprint density at radius 2 is 1.77 bits per heavy atom. The van der Waals surface area contributed by atoms with Gasteiger partial charge in [0.05, 0.1) is 0 Å². The Morgan fingerprint density at radius 3 is 2.38 bits per heavy atom. The normalized spacial score (nSPS) is 11.7. The molecule has 1 atom stereocenters. The molecule has 138 valence electrons. The minimum atomic E-state index is -0.537. The van der Waals surface area contributed by atoms with Crippen LogP contribution in [0.25, 0.3) is 0 Å². The second-order valence-corrected chi connectivity index (χ2v) is 7.45. The Labute approximate surface area is 163 Å². The fourth-order valence-electron chi connectivity index (χ4n) is 2.49. The van der Waals surface area contributed by atoms with Gasteiger partial charge in [-0.25, -0.2) is 0 Å². The van der Waals surface area contributed by atoms with Gasteiger partial charge >= 0.3 is 0 Å². The van der Waals surface area contributed by atoms with Crippen LogP contribution >= 0.6 is 23.4 Å². The molecule has 0 heterocycles. The average molecular weight is 391 g/mol. The second-order valence-electron chi connectivity index (χ2n) is 5.85. The third kappa shape index (κ3) is 6.07. The molecule has 26 heavy (non-hydrogen) atoms. The van der Waals surface area contributed by atoms with Crippen molar-refractivity contribution in [3.8, 4) is 0 Å². The molecule has 4 nitrogen and oxygen atoms in total. The summed E-state index contributed by atoms with van der Waals surface area (Å²) in [5.41, 5.74) is 0.939. The van der Waals surface area contributed by atoms with Crippen molar-refractivity contribution in [2.24, 2.45) is 0 Å². The van der Waals surface area contributed by atoms with Crippen molar-refractivity contribution in [2.75, 3.05) is 12.8 Å². The molecule has 0 fully saturated rings. The van der Waals surface area contributed by atoms with E-state index in [1.807, 2.05) is 42.5 Å². The molecule has 0 aromatic heterocycles. The summed E-state index contributed by atoms with van der Waals surface area (Å²) in [5, 5.41) is 3.26. The van der Waals surface area contributed by atoms with Gasteiger partial charge in [-0.05, 0) is 36.8 Å². The van der Waals surface area contributed by atoms with E-state index >= 15 is 0 Å². The molecule has 0 saturated carbocycles. The first-order valence-electron chi connectivity index (χ1n) is 8.44. The number of halogens is 1. The maximum atomic E-state index is 12.8. The predicted molar refractivity (Wildman–Crippen MR) is 107 cm³/mol. The van der Waals surface area contributed by atoms with Crippen molar-refractivity contribution in [2.45, 2.75) is 30.8 Å². The molecule has 2 aromatic carbocycles. The molecule has 0 spiro atoms. The van der Waals surface area contributed by atoms with Crippen LogP contribution < -0.4 is 5.32 Å². The van der Waals surface area contributed by atoms with Crippen molar-refractivity contribution in [1.82, 2.24) is 10.2 Å². The molecule has 0 saturated heterocycles. The first-order chi connectivity index (χ1) is 12.5. The van der Waals surface area contributed by atoms with Gasteiger partial charge < -0.3 is 10.2 Å². The Bertz CT molecular complexity index is 722. The number of hydrogen-bond donors (Lipinski definition) is 1. The molecule has 2 aromatic rings. The zero-order chi connectivity index (χ0) is 18.9. The van der Waals surface area contributed by atoms with E-state index in [1.54, 1.807) is 42.8 Å². The topological polar surface area (TPSA) is 49.4 Å². The monoisotopic (exact) mass is 390 g/mol. The van der Waals surface area contributed by atoms with E-state index in [0.29, 0.717) is 23.7 Å². The first kappa shape index (κ1) is 20.3. The van der Waals surface area contributed by atoms with Gasteiger partial charge in [0.2, 0.25) is 11.8 Å². The van der Waals surface area contributed by atoms with Crippen LogP contribution in [0.5, 0.6) is 0 Å². The molecule has 0 aliphatic heterocycles. The third-order valence-electron chi connectivity index (χ3n) is 4.01. The third-order valence-corrected chi connectivity index (χ3v) is 5.27. The highest BCUT2D eigenvalue weighted by atomic mass is 35.5. The molecule has 0 unspecified atom stereocenters. The molecule has 0 bridgehead atoms. The molecular weight excluding hydrogens is 368 g/mol. The Kier molecular flexibility index (Phi) is 8.01. The molecule has 1 N–H and O–H groups in total. The van der Waals surface area contributed by atoms with Gasteiger partial charge in [0.1, 0.15) is 6.04 Å². The van der Waals surface area contributed by atoms with E-state index in [-0.39, 0.29) is 11.8 Å². The lowest BCUT2D eigenvalue weighted by molar-refractivity contribution is -0.140. The molecule has 2 rings (SSSR count). The minimum Gasteiger partial charge on any atom is -0.357 e. The summed E-state index contributed by atoms with van der Waals surface area (Å²) in [6.07, 6.45) is 0.370. The van der Waals surface area contributed by atoms with Gasteiger partial charge in [0.25, 0.3) is 0 Å². The van der Waals surface area contributed by atoms with Gasteiger partial charge in [-0.15, -0.1) is 11.8 Å². The van der Waals surface area contributed by atoms with E-state index in [1.165, 1.54) is 0 Å². The fraction of sp³-hybridized carbons (Fsp3) is 0.300. The van der Waals surface area contributed by atoms with Crippen molar-refractivity contribution in [3.05, 3.63) is 65.2 Å². The highest BCUT2D eigenvalue weighted by molar-refractivity contribution is 7.99. The van der Waals surface area contributed by atoms with Crippen LogP contribution in [0.4, 0.5) is 0 Å². The Morgan fingerprint density at radius 1 is 1.12 bits per heavy atom. The molecular formula is C20H23ClN2O2S. The number of thioether (sulfide) groups is 1. The van der Waals surface area contributed by atoms with Gasteiger partial charge in [0.15, 0.2) is 0 Å². The summed E-state index contributed by atoms with van der Waals surface area (Å²) in [6, 6.07) is 16.7.